The first-order valence-corrected chi connectivity index (χ1v) is 8.79. The summed E-state index contributed by atoms with van der Waals surface area (Å²) in [6.07, 6.45) is 0.933. The summed E-state index contributed by atoms with van der Waals surface area (Å²) in [5, 5.41) is 8.97. The molecule has 0 radical (unpaired) electrons. The van der Waals surface area contributed by atoms with Gasteiger partial charge in [0, 0.05) is 0 Å². The molecule has 0 fully saturated rings. The number of aliphatic hydroxyl groups excluding tert-OH is 1. The SMILES string of the molecule is CCc1c(COCCO)ccc(-c2ccccc2)c1-c1ccccc1. The van der Waals surface area contributed by atoms with Gasteiger partial charge in [0.15, 0.2) is 0 Å². The van der Waals surface area contributed by atoms with Crippen LogP contribution in [0.3, 0.4) is 0 Å². The third-order valence-electron chi connectivity index (χ3n) is 4.40. The van der Waals surface area contributed by atoms with Crippen molar-refractivity contribution >= 4 is 0 Å². The van der Waals surface area contributed by atoms with E-state index in [1.807, 2.05) is 12.1 Å². The Bertz CT molecular complexity index is 795. The standard InChI is InChI=1S/C23H24O2/c1-2-21-20(17-25-16-15-24)13-14-22(18-9-5-3-6-10-18)23(21)19-11-7-4-8-12-19/h3-14,24H,2,15-17H2,1H3. The predicted molar refractivity (Wildman–Crippen MR) is 103 cm³/mol. The first-order valence-electron chi connectivity index (χ1n) is 8.79. The molecule has 0 amide bonds. The topological polar surface area (TPSA) is 29.5 Å². The van der Waals surface area contributed by atoms with Crippen molar-refractivity contribution < 1.29 is 9.84 Å². The monoisotopic (exact) mass is 332 g/mol. The van der Waals surface area contributed by atoms with Crippen LogP contribution in [0.15, 0.2) is 72.8 Å². The number of ether oxygens (including phenoxy) is 1. The van der Waals surface area contributed by atoms with Gasteiger partial charge in [-0.05, 0) is 39.8 Å². The van der Waals surface area contributed by atoms with Crippen molar-refractivity contribution in [3.05, 3.63) is 83.9 Å². The van der Waals surface area contributed by atoms with Gasteiger partial charge in [-0.1, -0.05) is 79.7 Å². The minimum Gasteiger partial charge on any atom is -0.394 e. The van der Waals surface area contributed by atoms with E-state index in [1.54, 1.807) is 0 Å². The van der Waals surface area contributed by atoms with E-state index < -0.39 is 0 Å². The molecule has 3 rings (SSSR count). The molecule has 2 heteroatoms. The van der Waals surface area contributed by atoms with Crippen molar-refractivity contribution in [3.8, 4) is 22.3 Å². The van der Waals surface area contributed by atoms with Crippen molar-refractivity contribution in [2.24, 2.45) is 0 Å². The average Bonchev–Trinajstić information content (AvgIpc) is 2.69. The fourth-order valence-electron chi connectivity index (χ4n) is 3.27. The van der Waals surface area contributed by atoms with Gasteiger partial charge in [-0.3, -0.25) is 0 Å². The summed E-state index contributed by atoms with van der Waals surface area (Å²) in [5.41, 5.74) is 7.47. The molecule has 128 valence electrons. The zero-order valence-electron chi connectivity index (χ0n) is 14.6. The highest BCUT2D eigenvalue weighted by atomic mass is 16.5. The van der Waals surface area contributed by atoms with Crippen molar-refractivity contribution in [2.75, 3.05) is 13.2 Å². The van der Waals surface area contributed by atoms with Gasteiger partial charge < -0.3 is 9.84 Å². The molecule has 3 aromatic rings. The molecule has 0 heterocycles. The van der Waals surface area contributed by atoms with E-state index in [0.717, 1.165) is 6.42 Å². The zero-order chi connectivity index (χ0) is 17.5. The second-order valence-electron chi connectivity index (χ2n) is 5.99. The molecule has 0 aliphatic heterocycles. The normalized spacial score (nSPS) is 10.8. The van der Waals surface area contributed by atoms with Crippen LogP contribution in [0.5, 0.6) is 0 Å². The van der Waals surface area contributed by atoms with E-state index in [2.05, 4.69) is 67.6 Å². The summed E-state index contributed by atoms with van der Waals surface area (Å²) in [5.74, 6) is 0. The van der Waals surface area contributed by atoms with Crippen LogP contribution < -0.4 is 0 Å². The Hall–Kier alpha value is -2.42. The van der Waals surface area contributed by atoms with Gasteiger partial charge in [-0.15, -0.1) is 0 Å². The number of aliphatic hydroxyl groups is 1. The number of rotatable bonds is 7. The molecule has 0 aromatic heterocycles. The third kappa shape index (κ3) is 3.98. The van der Waals surface area contributed by atoms with Gasteiger partial charge in [-0.2, -0.15) is 0 Å². The van der Waals surface area contributed by atoms with Crippen molar-refractivity contribution in [1.29, 1.82) is 0 Å². The van der Waals surface area contributed by atoms with Crippen LogP contribution in [0.1, 0.15) is 18.1 Å². The first-order chi connectivity index (χ1) is 12.3. The van der Waals surface area contributed by atoms with E-state index in [4.69, 9.17) is 9.84 Å². The minimum atomic E-state index is 0.0507. The highest BCUT2D eigenvalue weighted by molar-refractivity contribution is 5.86. The van der Waals surface area contributed by atoms with Crippen molar-refractivity contribution in [2.45, 2.75) is 20.0 Å². The molecule has 3 aromatic carbocycles. The van der Waals surface area contributed by atoms with Crippen LogP contribution in [-0.4, -0.2) is 18.3 Å². The van der Waals surface area contributed by atoms with Gasteiger partial charge in [0.2, 0.25) is 0 Å². The Labute approximate surface area is 149 Å². The molecule has 0 saturated carbocycles. The molecule has 2 nitrogen and oxygen atoms in total. The van der Waals surface area contributed by atoms with Gasteiger partial charge in [-0.25, -0.2) is 0 Å². The highest BCUT2D eigenvalue weighted by Gasteiger charge is 2.15. The predicted octanol–water partition coefficient (Wildman–Crippen LogP) is 5.09. The molecule has 0 atom stereocenters. The summed E-state index contributed by atoms with van der Waals surface area (Å²) in [4.78, 5) is 0. The minimum absolute atomic E-state index is 0.0507. The molecule has 0 unspecified atom stereocenters. The Morgan fingerprint density at radius 3 is 2.04 bits per heavy atom. The summed E-state index contributed by atoms with van der Waals surface area (Å²) in [7, 11) is 0. The van der Waals surface area contributed by atoms with Gasteiger partial charge >= 0.3 is 0 Å². The summed E-state index contributed by atoms with van der Waals surface area (Å²) >= 11 is 0. The van der Waals surface area contributed by atoms with Crippen LogP contribution in [0.2, 0.25) is 0 Å². The Balaban J connectivity index is 2.16. The summed E-state index contributed by atoms with van der Waals surface area (Å²) in [6.45, 7) is 3.13. The lowest BCUT2D eigenvalue weighted by molar-refractivity contribution is 0.0812. The molecule has 0 aliphatic rings. The van der Waals surface area contributed by atoms with Crippen molar-refractivity contribution in [3.63, 3.8) is 0 Å². The molecule has 0 spiro atoms. The van der Waals surface area contributed by atoms with Crippen LogP contribution in [0, 0.1) is 0 Å². The lowest BCUT2D eigenvalue weighted by atomic mass is 9.87. The molecule has 1 N–H and O–H groups in total. The van der Waals surface area contributed by atoms with Gasteiger partial charge in [0.05, 0.1) is 19.8 Å². The summed E-state index contributed by atoms with van der Waals surface area (Å²) < 4.78 is 5.60. The average molecular weight is 332 g/mol. The molecule has 0 aliphatic carbocycles. The van der Waals surface area contributed by atoms with E-state index in [0.29, 0.717) is 13.2 Å². The number of benzene rings is 3. The summed E-state index contributed by atoms with van der Waals surface area (Å²) in [6, 6.07) is 25.4. The van der Waals surface area contributed by atoms with Crippen LogP contribution >= 0.6 is 0 Å². The maximum absolute atomic E-state index is 8.97. The Kier molecular flexibility index (Phi) is 5.99. The number of hydrogen-bond donors (Lipinski definition) is 1. The van der Waals surface area contributed by atoms with E-state index in [9.17, 15) is 0 Å². The first kappa shape index (κ1) is 17.4. The fraction of sp³-hybridized carbons (Fsp3) is 0.217. The largest absolute Gasteiger partial charge is 0.394 e. The second-order valence-corrected chi connectivity index (χ2v) is 5.99. The zero-order valence-corrected chi connectivity index (χ0v) is 14.6. The Morgan fingerprint density at radius 2 is 1.44 bits per heavy atom. The molecular formula is C23H24O2. The van der Waals surface area contributed by atoms with Gasteiger partial charge in [0.1, 0.15) is 0 Å². The van der Waals surface area contributed by atoms with Gasteiger partial charge in [0.25, 0.3) is 0 Å². The maximum atomic E-state index is 8.97. The lowest BCUT2D eigenvalue weighted by Gasteiger charge is -2.19. The number of hydrogen-bond acceptors (Lipinski definition) is 2. The van der Waals surface area contributed by atoms with Crippen LogP contribution in [0.4, 0.5) is 0 Å². The lowest BCUT2D eigenvalue weighted by Crippen LogP contribution is -2.04. The van der Waals surface area contributed by atoms with E-state index >= 15 is 0 Å². The third-order valence-corrected chi connectivity index (χ3v) is 4.40. The quantitative estimate of drug-likeness (QED) is 0.611. The molecular weight excluding hydrogens is 308 g/mol. The second kappa shape index (κ2) is 8.61. The molecule has 0 bridgehead atoms. The molecule has 25 heavy (non-hydrogen) atoms. The van der Waals surface area contributed by atoms with Crippen LogP contribution in [-0.2, 0) is 17.8 Å². The van der Waals surface area contributed by atoms with Crippen LogP contribution in [0.25, 0.3) is 22.3 Å². The maximum Gasteiger partial charge on any atom is 0.0720 e. The smallest absolute Gasteiger partial charge is 0.0720 e. The van der Waals surface area contributed by atoms with E-state index in [-0.39, 0.29) is 6.61 Å². The Morgan fingerprint density at radius 1 is 0.800 bits per heavy atom. The van der Waals surface area contributed by atoms with Crippen molar-refractivity contribution in [1.82, 2.24) is 0 Å². The highest BCUT2D eigenvalue weighted by Crippen LogP contribution is 2.37. The molecule has 0 saturated heterocycles. The fourth-order valence-corrected chi connectivity index (χ4v) is 3.27. The van der Waals surface area contributed by atoms with E-state index in [1.165, 1.54) is 33.4 Å².